The average molecular weight is 502 g/mol. The number of pyridine rings is 1. The molecular weight excluding hydrogens is 453 g/mol. The van der Waals surface area contributed by atoms with E-state index in [1.165, 1.54) is 17.5 Å². The number of aliphatic hydroxyl groups excluding tert-OH is 1. The van der Waals surface area contributed by atoms with E-state index in [4.69, 9.17) is 9.41 Å². The number of hydrogen-bond acceptors (Lipinski definition) is 3. The van der Waals surface area contributed by atoms with Crippen LogP contribution in [-0.4, -0.2) is 18.4 Å². The number of rotatable bonds is 11. The molecule has 0 saturated heterocycles. The van der Waals surface area contributed by atoms with Crippen LogP contribution in [0.5, 0.6) is 0 Å². The molecule has 0 fully saturated rings. The van der Waals surface area contributed by atoms with E-state index < -0.39 is 14.7 Å². The normalized spacial score (nSPS) is 13.7. The highest BCUT2D eigenvalue weighted by Crippen LogP contribution is 2.41. The third-order valence-corrected chi connectivity index (χ3v) is 11.9. The van der Waals surface area contributed by atoms with Gasteiger partial charge in [-0.25, -0.2) is 4.39 Å². The maximum Gasteiger partial charge on any atom is 0.222 e. The molecule has 0 bridgehead atoms. The van der Waals surface area contributed by atoms with Crippen LogP contribution in [0.2, 0.25) is 18.1 Å². The second-order valence-electron chi connectivity index (χ2n) is 12.0. The molecule has 1 N–H and O–H groups in total. The number of nitrogens with zero attached hydrogens (tertiary/aromatic N) is 1. The Hall–Kier alpha value is -1.56. The second-order valence-corrected chi connectivity index (χ2v) is 16.8. The lowest BCUT2D eigenvalue weighted by molar-refractivity contribution is 0.0411. The molecule has 0 aliphatic carbocycles. The van der Waals surface area contributed by atoms with Crippen LogP contribution in [0.3, 0.4) is 0 Å². The molecule has 1 aromatic heterocycles. The minimum atomic E-state index is -1.99. The summed E-state index contributed by atoms with van der Waals surface area (Å²) in [6.07, 6.45) is 2.43. The van der Waals surface area contributed by atoms with Crippen LogP contribution >= 0.6 is 0 Å². The number of halogens is 1. The van der Waals surface area contributed by atoms with Crippen LogP contribution in [0.25, 0.3) is 11.1 Å². The summed E-state index contributed by atoms with van der Waals surface area (Å²) >= 11 is 0. The van der Waals surface area contributed by atoms with Gasteiger partial charge in [0.15, 0.2) is 8.32 Å². The molecule has 1 atom stereocenters. The van der Waals surface area contributed by atoms with E-state index >= 15 is 0 Å². The number of hydrogen-bond donors (Lipinski definition) is 1. The van der Waals surface area contributed by atoms with Gasteiger partial charge in [-0.3, -0.25) is 4.98 Å². The van der Waals surface area contributed by atoms with Gasteiger partial charge < -0.3 is 9.53 Å². The molecule has 35 heavy (non-hydrogen) atoms. The van der Waals surface area contributed by atoms with Crippen molar-refractivity contribution in [3.05, 3.63) is 52.3 Å². The van der Waals surface area contributed by atoms with E-state index in [2.05, 4.69) is 68.5 Å². The lowest BCUT2D eigenvalue weighted by Gasteiger charge is -2.37. The van der Waals surface area contributed by atoms with Gasteiger partial charge in [-0.15, -0.1) is 0 Å². The van der Waals surface area contributed by atoms with Crippen LogP contribution in [0.1, 0.15) is 121 Å². The fourth-order valence-electron chi connectivity index (χ4n) is 4.24. The van der Waals surface area contributed by atoms with Crippen molar-refractivity contribution in [1.29, 1.82) is 0 Å². The number of aliphatic hydroxyl groups is 1. The average Bonchev–Trinajstić information content (AvgIpc) is 2.76. The van der Waals surface area contributed by atoms with Crippen molar-refractivity contribution in [2.45, 2.75) is 124 Å². The molecule has 2 aromatic rings. The Morgan fingerprint density at radius 2 is 1.49 bits per heavy atom. The number of benzene rings is 1. The van der Waals surface area contributed by atoms with Crippen molar-refractivity contribution < 1.29 is 13.9 Å². The lowest BCUT2D eigenvalue weighted by Crippen LogP contribution is -2.40. The Morgan fingerprint density at radius 3 is 1.94 bits per heavy atom. The van der Waals surface area contributed by atoms with Gasteiger partial charge in [-0.2, -0.15) is 0 Å². The van der Waals surface area contributed by atoms with Crippen LogP contribution in [0.15, 0.2) is 24.3 Å². The van der Waals surface area contributed by atoms with Crippen LogP contribution < -0.4 is 0 Å². The predicted octanol–water partition coefficient (Wildman–Crippen LogP) is 9.21. The Balaban J connectivity index is 2.82. The molecule has 0 aliphatic heterocycles. The van der Waals surface area contributed by atoms with Crippen molar-refractivity contribution in [1.82, 2.24) is 4.98 Å². The maximum absolute atomic E-state index is 13.6. The highest BCUT2D eigenvalue weighted by Gasteiger charge is 2.38. The Labute approximate surface area is 214 Å². The summed E-state index contributed by atoms with van der Waals surface area (Å²) in [6, 6.07) is 7.28. The zero-order valence-corrected chi connectivity index (χ0v) is 24.8. The van der Waals surface area contributed by atoms with E-state index in [0.717, 1.165) is 41.8 Å². The largest absolute Gasteiger partial charge is 0.412 e. The maximum atomic E-state index is 13.6. The molecular formula is C30H48FNO2Si. The van der Waals surface area contributed by atoms with Crippen molar-refractivity contribution in [3.63, 3.8) is 0 Å². The van der Waals surface area contributed by atoms with Crippen molar-refractivity contribution in [2.24, 2.45) is 0 Å². The van der Waals surface area contributed by atoms with Crippen molar-refractivity contribution in [3.8, 4) is 11.1 Å². The first kappa shape index (κ1) is 29.7. The molecule has 0 radical (unpaired) electrons. The van der Waals surface area contributed by atoms with E-state index in [0.29, 0.717) is 12.5 Å². The zero-order valence-electron chi connectivity index (χ0n) is 23.8. The van der Waals surface area contributed by atoms with E-state index in [9.17, 15) is 9.50 Å². The first-order valence-corrected chi connectivity index (χ1v) is 16.2. The summed E-state index contributed by atoms with van der Waals surface area (Å²) < 4.78 is 20.3. The number of unbranched alkanes of at least 4 members (excludes halogenated alkanes) is 2. The number of alkyl halides is 1. The summed E-state index contributed by atoms with van der Waals surface area (Å²) in [4.78, 5) is 5.28. The molecule has 3 nitrogen and oxygen atoms in total. The van der Waals surface area contributed by atoms with Crippen LogP contribution in [-0.2, 0) is 17.5 Å². The molecule has 5 heteroatoms. The quantitative estimate of drug-likeness (QED) is 0.246. The van der Waals surface area contributed by atoms with Gasteiger partial charge in [0, 0.05) is 22.5 Å². The van der Waals surface area contributed by atoms with Gasteiger partial charge in [0.05, 0.1) is 6.61 Å². The predicted molar refractivity (Wildman–Crippen MR) is 149 cm³/mol. The van der Waals surface area contributed by atoms with E-state index in [-0.39, 0.29) is 16.5 Å². The monoisotopic (exact) mass is 501 g/mol. The minimum absolute atomic E-state index is 0.110. The number of aromatic nitrogens is 1. The topological polar surface area (TPSA) is 42.4 Å². The van der Waals surface area contributed by atoms with Crippen LogP contribution in [0, 0.1) is 0 Å². The summed E-state index contributed by atoms with van der Waals surface area (Å²) in [5.74, 6) is 0.547. The summed E-state index contributed by atoms with van der Waals surface area (Å²) in [6.45, 7) is 23.0. The SMILES string of the molecule is CCCCCc1c(C(C)C)nc(C(C)C)c(CO[Si](C)(C)C(C)(C)C)c1-c1ccc(C(O)F)cc1. The highest BCUT2D eigenvalue weighted by molar-refractivity contribution is 6.74. The molecule has 0 amide bonds. The standard InChI is InChI=1S/C30H48FNO2Si/c1-11-12-13-14-24-26(22-15-17-23(18-16-22)29(31)33)25(19-34-35(9,10)30(6,7)8)28(21(4)5)32-27(24)20(2)3/h15-18,20-21,29,33H,11-14,19H2,1-10H3. The van der Waals surface area contributed by atoms with Crippen molar-refractivity contribution >= 4 is 8.32 Å². The summed E-state index contributed by atoms with van der Waals surface area (Å²) in [5, 5.41) is 9.54. The molecule has 0 aliphatic rings. The van der Waals surface area contributed by atoms with E-state index in [1.54, 1.807) is 12.1 Å². The molecule has 1 heterocycles. The van der Waals surface area contributed by atoms with Gasteiger partial charge in [-0.1, -0.05) is 92.5 Å². The molecule has 1 aromatic carbocycles. The molecule has 2 rings (SSSR count). The molecule has 0 spiro atoms. The van der Waals surface area contributed by atoms with Gasteiger partial charge in [-0.05, 0) is 59.5 Å². The Kier molecular flexibility index (Phi) is 10.3. The Morgan fingerprint density at radius 1 is 0.943 bits per heavy atom. The zero-order chi connectivity index (χ0) is 26.6. The van der Waals surface area contributed by atoms with Gasteiger partial charge in [0.25, 0.3) is 0 Å². The summed E-state index contributed by atoms with van der Waals surface area (Å²) in [7, 11) is -1.99. The fraction of sp³-hybridized carbons (Fsp3) is 0.633. The van der Waals surface area contributed by atoms with Gasteiger partial charge in [0.1, 0.15) is 0 Å². The van der Waals surface area contributed by atoms with Crippen molar-refractivity contribution in [2.75, 3.05) is 0 Å². The fourth-order valence-corrected chi connectivity index (χ4v) is 5.17. The second kappa shape index (κ2) is 12.1. The first-order valence-electron chi connectivity index (χ1n) is 13.3. The third kappa shape index (κ3) is 7.24. The summed E-state index contributed by atoms with van der Waals surface area (Å²) in [5.41, 5.74) is 7.22. The Bertz CT molecular complexity index is 960. The first-order chi connectivity index (χ1) is 16.2. The highest BCUT2D eigenvalue weighted by atomic mass is 28.4. The molecule has 1 unspecified atom stereocenters. The third-order valence-electron chi connectivity index (χ3n) is 7.44. The minimum Gasteiger partial charge on any atom is -0.412 e. The van der Waals surface area contributed by atoms with Gasteiger partial charge >= 0.3 is 0 Å². The smallest absolute Gasteiger partial charge is 0.222 e. The molecule has 0 saturated carbocycles. The van der Waals surface area contributed by atoms with E-state index in [1.807, 2.05) is 12.1 Å². The van der Waals surface area contributed by atoms with Crippen LogP contribution in [0.4, 0.5) is 4.39 Å². The molecule has 196 valence electrons. The van der Waals surface area contributed by atoms with Gasteiger partial charge in [0.2, 0.25) is 6.36 Å². The lowest BCUT2D eigenvalue weighted by atomic mass is 9.85.